The summed E-state index contributed by atoms with van der Waals surface area (Å²) in [6, 6.07) is 1.91. The first-order chi connectivity index (χ1) is 6.40. The standard InChI is InChI=1S/C13H23N/c1-12(2,3)9-5-10-7-13(4)8-11(6-9)14(10)13/h9-11H,5-8H2,1-4H3. The molecule has 1 heteroatoms. The third-order valence-corrected chi connectivity index (χ3v) is 5.10. The van der Waals surface area contributed by atoms with Crippen LogP contribution in [0.5, 0.6) is 0 Å². The monoisotopic (exact) mass is 193 g/mol. The molecule has 3 saturated heterocycles. The Balaban J connectivity index is 1.74. The van der Waals surface area contributed by atoms with Crippen LogP contribution in [0.3, 0.4) is 0 Å². The quantitative estimate of drug-likeness (QED) is 0.571. The first-order valence-electron chi connectivity index (χ1n) is 6.19. The van der Waals surface area contributed by atoms with Crippen molar-refractivity contribution < 1.29 is 0 Å². The van der Waals surface area contributed by atoms with E-state index in [1.54, 1.807) is 0 Å². The van der Waals surface area contributed by atoms with Crippen LogP contribution in [0.15, 0.2) is 0 Å². The molecule has 0 aliphatic carbocycles. The molecular formula is C13H23N. The summed E-state index contributed by atoms with van der Waals surface area (Å²) in [5, 5.41) is 0. The highest BCUT2D eigenvalue weighted by Gasteiger charge is 2.63. The van der Waals surface area contributed by atoms with E-state index in [0.717, 1.165) is 18.0 Å². The SMILES string of the molecule is CC(C)(C)C1CC2CC3(C)CC(C1)N23. The molecule has 3 aliphatic heterocycles. The first-order valence-corrected chi connectivity index (χ1v) is 6.19. The van der Waals surface area contributed by atoms with Gasteiger partial charge in [-0.1, -0.05) is 20.8 Å². The molecule has 3 aliphatic rings. The number of piperidine rings is 2. The lowest BCUT2D eigenvalue weighted by Gasteiger charge is -2.73. The molecule has 2 atom stereocenters. The normalized spacial score (nSPS) is 51.9. The molecule has 0 spiro atoms. The summed E-state index contributed by atoms with van der Waals surface area (Å²) in [6.45, 7) is 9.72. The fourth-order valence-electron chi connectivity index (χ4n) is 4.31. The van der Waals surface area contributed by atoms with Crippen LogP contribution in [-0.2, 0) is 0 Å². The van der Waals surface area contributed by atoms with Gasteiger partial charge in [-0.25, -0.2) is 0 Å². The molecule has 3 fully saturated rings. The van der Waals surface area contributed by atoms with Crippen molar-refractivity contribution in [2.45, 2.75) is 71.0 Å². The summed E-state index contributed by atoms with van der Waals surface area (Å²) in [5.41, 5.74) is 1.19. The van der Waals surface area contributed by atoms with Gasteiger partial charge >= 0.3 is 0 Å². The van der Waals surface area contributed by atoms with Crippen LogP contribution in [0, 0.1) is 11.3 Å². The van der Waals surface area contributed by atoms with Gasteiger partial charge in [0.2, 0.25) is 0 Å². The second kappa shape index (κ2) is 2.37. The van der Waals surface area contributed by atoms with Gasteiger partial charge < -0.3 is 0 Å². The molecular weight excluding hydrogens is 170 g/mol. The van der Waals surface area contributed by atoms with E-state index < -0.39 is 0 Å². The predicted octanol–water partition coefficient (Wildman–Crippen LogP) is 3.05. The fraction of sp³-hybridized carbons (Fsp3) is 1.00. The molecule has 0 aromatic carbocycles. The second-order valence-electron chi connectivity index (χ2n) is 7.15. The van der Waals surface area contributed by atoms with E-state index in [4.69, 9.17) is 0 Å². The Morgan fingerprint density at radius 3 is 1.93 bits per heavy atom. The summed E-state index contributed by atoms with van der Waals surface area (Å²) in [4.78, 5) is 2.81. The van der Waals surface area contributed by atoms with Crippen molar-refractivity contribution in [2.75, 3.05) is 0 Å². The van der Waals surface area contributed by atoms with Gasteiger partial charge in [-0.15, -0.1) is 0 Å². The van der Waals surface area contributed by atoms with Crippen molar-refractivity contribution >= 4 is 0 Å². The van der Waals surface area contributed by atoms with Gasteiger partial charge in [0.25, 0.3) is 0 Å². The van der Waals surface area contributed by atoms with E-state index in [1.165, 1.54) is 25.7 Å². The maximum atomic E-state index is 2.81. The third kappa shape index (κ3) is 0.997. The molecule has 3 heterocycles. The van der Waals surface area contributed by atoms with Gasteiger partial charge in [-0.2, -0.15) is 0 Å². The summed E-state index contributed by atoms with van der Waals surface area (Å²) < 4.78 is 0. The highest BCUT2D eigenvalue weighted by Crippen LogP contribution is 2.59. The maximum absolute atomic E-state index is 2.81. The van der Waals surface area contributed by atoms with Crippen LogP contribution in [0.1, 0.15) is 53.4 Å². The highest BCUT2D eigenvalue weighted by atomic mass is 15.4. The van der Waals surface area contributed by atoms with Crippen molar-refractivity contribution in [3.63, 3.8) is 0 Å². The van der Waals surface area contributed by atoms with Gasteiger partial charge in [0, 0.05) is 17.6 Å². The molecule has 14 heavy (non-hydrogen) atoms. The lowest BCUT2D eigenvalue weighted by molar-refractivity contribution is -0.226. The lowest BCUT2D eigenvalue weighted by atomic mass is 9.56. The summed E-state index contributed by atoms with van der Waals surface area (Å²) in [5.74, 6) is 0.971. The van der Waals surface area contributed by atoms with Gasteiger partial charge in [-0.3, -0.25) is 4.90 Å². The second-order valence-corrected chi connectivity index (χ2v) is 7.15. The number of nitrogens with zero attached hydrogens (tertiary/aromatic N) is 1. The fourth-order valence-corrected chi connectivity index (χ4v) is 4.31. The Bertz CT molecular complexity index is 247. The van der Waals surface area contributed by atoms with Gasteiger partial charge in [0.05, 0.1) is 0 Å². The zero-order chi connectivity index (χ0) is 10.1. The van der Waals surface area contributed by atoms with Crippen LogP contribution in [-0.4, -0.2) is 22.5 Å². The predicted molar refractivity (Wildman–Crippen MR) is 59.2 cm³/mol. The minimum absolute atomic E-state index is 0.535. The zero-order valence-electron chi connectivity index (χ0n) is 10.0. The molecule has 0 aromatic rings. The average molecular weight is 193 g/mol. The van der Waals surface area contributed by atoms with Crippen molar-refractivity contribution in [1.29, 1.82) is 0 Å². The van der Waals surface area contributed by atoms with Crippen LogP contribution in [0.4, 0.5) is 0 Å². The topological polar surface area (TPSA) is 3.24 Å². The number of hydrogen-bond donors (Lipinski definition) is 0. The Morgan fingerprint density at radius 1 is 1.07 bits per heavy atom. The van der Waals surface area contributed by atoms with Crippen molar-refractivity contribution in [3.8, 4) is 0 Å². The molecule has 0 N–H and O–H groups in total. The zero-order valence-corrected chi connectivity index (χ0v) is 10.0. The largest absolute Gasteiger partial charge is 0.292 e. The summed E-state index contributed by atoms with van der Waals surface area (Å²) in [6.07, 6.45) is 5.90. The molecule has 0 amide bonds. The van der Waals surface area contributed by atoms with Gasteiger partial charge in [-0.05, 0) is 43.9 Å². The molecule has 2 unspecified atom stereocenters. The molecule has 0 saturated carbocycles. The van der Waals surface area contributed by atoms with Gasteiger partial charge in [0.15, 0.2) is 0 Å². The van der Waals surface area contributed by atoms with E-state index in [-0.39, 0.29) is 0 Å². The van der Waals surface area contributed by atoms with Crippen molar-refractivity contribution in [2.24, 2.45) is 11.3 Å². The van der Waals surface area contributed by atoms with Crippen LogP contribution >= 0.6 is 0 Å². The van der Waals surface area contributed by atoms with E-state index in [2.05, 4.69) is 32.6 Å². The van der Waals surface area contributed by atoms with E-state index in [1.807, 2.05) is 0 Å². The average Bonchev–Trinajstić information content (AvgIpc) is 1.96. The first kappa shape index (κ1) is 9.21. The van der Waals surface area contributed by atoms with E-state index in [0.29, 0.717) is 11.0 Å². The number of rotatable bonds is 0. The molecule has 0 bridgehead atoms. The Morgan fingerprint density at radius 2 is 1.57 bits per heavy atom. The number of hydrogen-bond acceptors (Lipinski definition) is 1. The Labute approximate surface area is 87.9 Å². The maximum Gasteiger partial charge on any atom is 0.0217 e. The van der Waals surface area contributed by atoms with Crippen molar-refractivity contribution in [1.82, 2.24) is 4.90 Å². The molecule has 80 valence electrons. The highest BCUT2D eigenvalue weighted by molar-refractivity contribution is 5.18. The lowest BCUT2D eigenvalue weighted by Crippen LogP contribution is -2.79. The molecule has 0 radical (unpaired) electrons. The van der Waals surface area contributed by atoms with Crippen LogP contribution in [0.2, 0.25) is 0 Å². The van der Waals surface area contributed by atoms with E-state index >= 15 is 0 Å². The molecule has 3 rings (SSSR count). The Kier molecular flexibility index (Phi) is 1.56. The van der Waals surface area contributed by atoms with Crippen LogP contribution in [0.25, 0.3) is 0 Å². The third-order valence-electron chi connectivity index (χ3n) is 5.10. The minimum Gasteiger partial charge on any atom is -0.292 e. The minimum atomic E-state index is 0.535. The van der Waals surface area contributed by atoms with Gasteiger partial charge in [0.1, 0.15) is 0 Å². The van der Waals surface area contributed by atoms with E-state index in [9.17, 15) is 0 Å². The summed E-state index contributed by atoms with van der Waals surface area (Å²) >= 11 is 0. The summed E-state index contributed by atoms with van der Waals surface area (Å²) in [7, 11) is 0. The molecule has 1 nitrogen and oxygen atoms in total. The van der Waals surface area contributed by atoms with Crippen molar-refractivity contribution in [3.05, 3.63) is 0 Å². The molecule has 0 aromatic heterocycles. The van der Waals surface area contributed by atoms with Crippen LogP contribution < -0.4 is 0 Å². The Hall–Kier alpha value is -0.0400. The smallest absolute Gasteiger partial charge is 0.0217 e.